The number of primary amides is 1. The predicted octanol–water partition coefficient (Wildman–Crippen LogP) is -1.17. The Kier molecular flexibility index (Phi) is 3.68. The van der Waals surface area contributed by atoms with Gasteiger partial charge in [0.1, 0.15) is 0 Å². The molecule has 12 heavy (non-hydrogen) atoms. The highest BCUT2D eigenvalue weighted by molar-refractivity contribution is 7.85. The number of nitrogens with one attached hydrogen (secondary N) is 1. The van der Waals surface area contributed by atoms with Crippen molar-refractivity contribution in [1.82, 2.24) is 5.32 Å². The second kappa shape index (κ2) is 4.57. The number of carbonyl (C=O) groups excluding carboxylic acids is 1. The summed E-state index contributed by atoms with van der Waals surface area (Å²) in [5.41, 5.74) is 4.93. The minimum Gasteiger partial charge on any atom is -0.370 e. The minimum absolute atomic E-state index is 0.243. The fourth-order valence-corrected chi connectivity index (χ4v) is 2.38. The number of hydrogen-bond acceptors (Lipinski definition) is 3. The Labute approximate surface area is 74.3 Å². The molecule has 0 aromatic carbocycles. The Balaban J connectivity index is 2.06. The lowest BCUT2D eigenvalue weighted by atomic mass is 10.1. The Hall–Kier alpha value is -0.420. The van der Waals surface area contributed by atoms with Crippen LogP contribution >= 0.6 is 0 Å². The summed E-state index contributed by atoms with van der Waals surface area (Å²) in [5, 5.41) is 3.11. The summed E-state index contributed by atoms with van der Waals surface area (Å²) in [6.45, 7) is 1.92. The van der Waals surface area contributed by atoms with Gasteiger partial charge in [-0.15, -0.1) is 0 Å². The zero-order chi connectivity index (χ0) is 8.97. The lowest BCUT2D eigenvalue weighted by Crippen LogP contribution is -2.45. The largest absolute Gasteiger partial charge is 0.370 e. The SMILES string of the molecule is NC(=O)CCS(=O)CC1CNC1. The van der Waals surface area contributed by atoms with E-state index in [1.807, 2.05) is 0 Å². The van der Waals surface area contributed by atoms with Crippen LogP contribution in [0.25, 0.3) is 0 Å². The van der Waals surface area contributed by atoms with Gasteiger partial charge in [0.05, 0.1) is 0 Å². The first kappa shape index (κ1) is 9.67. The molecule has 0 radical (unpaired) electrons. The molecule has 3 N–H and O–H groups in total. The maximum Gasteiger partial charge on any atom is 0.218 e. The first-order valence-corrected chi connectivity index (χ1v) is 5.51. The van der Waals surface area contributed by atoms with E-state index in [9.17, 15) is 9.00 Å². The zero-order valence-electron chi connectivity index (χ0n) is 6.91. The maximum atomic E-state index is 11.2. The van der Waals surface area contributed by atoms with E-state index in [1.165, 1.54) is 0 Å². The number of amides is 1. The Morgan fingerprint density at radius 2 is 2.25 bits per heavy atom. The van der Waals surface area contributed by atoms with Crippen LogP contribution in [0.3, 0.4) is 0 Å². The first-order valence-electron chi connectivity index (χ1n) is 4.02. The number of nitrogens with two attached hydrogens (primary N) is 1. The molecule has 1 aliphatic rings. The molecule has 1 heterocycles. The third kappa shape index (κ3) is 3.32. The van der Waals surface area contributed by atoms with Crippen LogP contribution in [0, 0.1) is 5.92 Å². The van der Waals surface area contributed by atoms with Gasteiger partial charge < -0.3 is 11.1 Å². The minimum atomic E-state index is -0.860. The summed E-state index contributed by atoms with van der Waals surface area (Å²) >= 11 is 0. The van der Waals surface area contributed by atoms with E-state index in [0.29, 0.717) is 17.4 Å². The van der Waals surface area contributed by atoms with Crippen LogP contribution in [0.5, 0.6) is 0 Å². The van der Waals surface area contributed by atoms with E-state index in [2.05, 4.69) is 5.32 Å². The van der Waals surface area contributed by atoms with Crippen LogP contribution < -0.4 is 11.1 Å². The van der Waals surface area contributed by atoms with Crippen molar-refractivity contribution in [2.24, 2.45) is 11.7 Å². The van der Waals surface area contributed by atoms with Crippen LogP contribution in [0.2, 0.25) is 0 Å². The molecule has 1 rings (SSSR count). The second-order valence-electron chi connectivity index (χ2n) is 3.05. The highest BCUT2D eigenvalue weighted by Crippen LogP contribution is 2.05. The van der Waals surface area contributed by atoms with Crippen molar-refractivity contribution in [2.45, 2.75) is 6.42 Å². The fraction of sp³-hybridized carbons (Fsp3) is 0.857. The van der Waals surface area contributed by atoms with E-state index in [0.717, 1.165) is 13.1 Å². The quantitative estimate of drug-likeness (QED) is 0.574. The zero-order valence-corrected chi connectivity index (χ0v) is 7.73. The molecule has 0 aromatic rings. The van der Waals surface area contributed by atoms with Gasteiger partial charge >= 0.3 is 0 Å². The van der Waals surface area contributed by atoms with Gasteiger partial charge in [-0.25, -0.2) is 0 Å². The van der Waals surface area contributed by atoms with Crippen molar-refractivity contribution in [3.05, 3.63) is 0 Å². The van der Waals surface area contributed by atoms with Crippen molar-refractivity contribution in [2.75, 3.05) is 24.6 Å². The monoisotopic (exact) mass is 190 g/mol. The summed E-state index contributed by atoms with van der Waals surface area (Å²) < 4.78 is 11.2. The number of carbonyl (C=O) groups is 1. The average molecular weight is 190 g/mol. The molecule has 1 aliphatic heterocycles. The molecular weight excluding hydrogens is 176 g/mol. The summed E-state index contributed by atoms with van der Waals surface area (Å²) in [7, 11) is -0.860. The molecule has 4 nitrogen and oxygen atoms in total. The van der Waals surface area contributed by atoms with Gasteiger partial charge in [0.2, 0.25) is 5.91 Å². The molecule has 1 fully saturated rings. The van der Waals surface area contributed by atoms with Gasteiger partial charge in [-0.05, 0) is 5.92 Å². The fourth-order valence-electron chi connectivity index (χ4n) is 1.03. The molecule has 0 aliphatic carbocycles. The topological polar surface area (TPSA) is 72.2 Å². The van der Waals surface area contributed by atoms with Crippen LogP contribution in [0.4, 0.5) is 0 Å². The standard InChI is InChI=1S/C7H14N2O2S/c8-7(10)1-2-12(11)5-6-3-9-4-6/h6,9H,1-5H2,(H2,8,10). The van der Waals surface area contributed by atoms with Crippen LogP contribution in [-0.4, -0.2) is 34.7 Å². The Morgan fingerprint density at radius 3 is 2.67 bits per heavy atom. The summed E-state index contributed by atoms with van der Waals surface area (Å²) in [4.78, 5) is 10.3. The van der Waals surface area contributed by atoms with Crippen molar-refractivity contribution in [3.8, 4) is 0 Å². The van der Waals surface area contributed by atoms with Crippen molar-refractivity contribution < 1.29 is 9.00 Å². The van der Waals surface area contributed by atoms with Crippen LogP contribution in [-0.2, 0) is 15.6 Å². The molecule has 1 amide bonds. The smallest absolute Gasteiger partial charge is 0.218 e. The van der Waals surface area contributed by atoms with Gasteiger partial charge in [0.25, 0.3) is 0 Å². The van der Waals surface area contributed by atoms with Gasteiger partial charge in [0, 0.05) is 41.8 Å². The van der Waals surface area contributed by atoms with Crippen molar-refractivity contribution in [1.29, 1.82) is 0 Å². The normalized spacial score (nSPS) is 20.0. The highest BCUT2D eigenvalue weighted by atomic mass is 32.2. The molecule has 0 spiro atoms. The predicted molar refractivity (Wildman–Crippen MR) is 48.0 cm³/mol. The van der Waals surface area contributed by atoms with Gasteiger partial charge in [0.15, 0.2) is 0 Å². The third-order valence-electron chi connectivity index (χ3n) is 1.86. The van der Waals surface area contributed by atoms with Gasteiger partial charge in [-0.1, -0.05) is 0 Å². The lowest BCUT2D eigenvalue weighted by molar-refractivity contribution is -0.117. The van der Waals surface area contributed by atoms with Crippen LogP contribution in [0.15, 0.2) is 0 Å². The molecule has 0 bridgehead atoms. The van der Waals surface area contributed by atoms with Crippen molar-refractivity contribution >= 4 is 16.7 Å². The molecular formula is C7H14N2O2S. The van der Waals surface area contributed by atoms with E-state index in [4.69, 9.17) is 5.73 Å². The van der Waals surface area contributed by atoms with E-state index >= 15 is 0 Å². The van der Waals surface area contributed by atoms with Gasteiger partial charge in [-0.2, -0.15) is 0 Å². The highest BCUT2D eigenvalue weighted by Gasteiger charge is 2.19. The number of rotatable bonds is 5. The number of hydrogen-bond donors (Lipinski definition) is 2. The lowest BCUT2D eigenvalue weighted by Gasteiger charge is -2.26. The maximum absolute atomic E-state index is 11.2. The summed E-state index contributed by atoms with van der Waals surface area (Å²) in [5.74, 6) is 1.31. The van der Waals surface area contributed by atoms with E-state index < -0.39 is 10.8 Å². The molecule has 1 atom stereocenters. The molecule has 1 unspecified atom stereocenters. The molecule has 0 saturated carbocycles. The van der Waals surface area contributed by atoms with E-state index in [1.54, 1.807) is 0 Å². The first-order chi connectivity index (χ1) is 5.68. The Bertz CT molecular complexity index is 192. The van der Waals surface area contributed by atoms with E-state index in [-0.39, 0.29) is 12.3 Å². The molecule has 70 valence electrons. The molecule has 1 saturated heterocycles. The van der Waals surface area contributed by atoms with Crippen LogP contribution in [0.1, 0.15) is 6.42 Å². The summed E-state index contributed by atoms with van der Waals surface area (Å²) in [6, 6.07) is 0. The Morgan fingerprint density at radius 1 is 1.58 bits per heavy atom. The molecule has 5 heteroatoms. The third-order valence-corrected chi connectivity index (χ3v) is 3.37. The second-order valence-corrected chi connectivity index (χ2v) is 4.67. The molecule has 0 aromatic heterocycles. The summed E-state index contributed by atoms with van der Waals surface area (Å²) in [6.07, 6.45) is 0.243. The average Bonchev–Trinajstić information content (AvgIpc) is 1.93. The van der Waals surface area contributed by atoms with Gasteiger partial charge in [-0.3, -0.25) is 9.00 Å². The van der Waals surface area contributed by atoms with Crippen molar-refractivity contribution in [3.63, 3.8) is 0 Å².